The van der Waals surface area contributed by atoms with Gasteiger partial charge in [-0.1, -0.05) is 0 Å². The van der Waals surface area contributed by atoms with Crippen LogP contribution in [0.3, 0.4) is 0 Å². The number of hydrogen-bond donors (Lipinski definition) is 2. The molecule has 19 heavy (non-hydrogen) atoms. The van der Waals surface area contributed by atoms with Crippen molar-refractivity contribution in [3.8, 4) is 0 Å². The summed E-state index contributed by atoms with van der Waals surface area (Å²) in [6, 6.07) is 4.41. The van der Waals surface area contributed by atoms with E-state index in [1.165, 1.54) is 12.1 Å². The molecule has 1 heterocycles. The van der Waals surface area contributed by atoms with Crippen LogP contribution in [0.2, 0.25) is 0 Å². The number of piperidine rings is 1. The number of amides is 1. The zero-order chi connectivity index (χ0) is 13.2. The van der Waals surface area contributed by atoms with Crippen LogP contribution in [0.25, 0.3) is 0 Å². The van der Waals surface area contributed by atoms with Crippen LogP contribution in [-0.2, 0) is 4.79 Å². The predicted octanol–water partition coefficient (Wildman–Crippen LogP) is 2.88. The van der Waals surface area contributed by atoms with Gasteiger partial charge in [0.15, 0.2) is 0 Å². The van der Waals surface area contributed by atoms with Crippen LogP contribution >= 0.6 is 12.4 Å². The zero-order valence-corrected chi connectivity index (χ0v) is 12.1. The normalized spacial score (nSPS) is 22.5. The summed E-state index contributed by atoms with van der Waals surface area (Å²) >= 11 is 0. The summed E-state index contributed by atoms with van der Waals surface area (Å²) in [5, 5.41) is 6.15. The summed E-state index contributed by atoms with van der Waals surface area (Å²) in [4.78, 5) is 12.3. The Hall–Kier alpha value is -1.13. The lowest BCUT2D eigenvalue weighted by molar-refractivity contribution is -0.125. The maximum Gasteiger partial charge on any atom is 0.231 e. The molecular formula is C14H20ClFN2O. The second kappa shape index (κ2) is 6.35. The van der Waals surface area contributed by atoms with E-state index in [2.05, 4.69) is 10.6 Å². The fraction of sp³-hybridized carbons (Fsp3) is 0.500. The molecule has 0 bridgehead atoms. The average molecular weight is 287 g/mol. The van der Waals surface area contributed by atoms with Crippen LogP contribution in [0.4, 0.5) is 10.1 Å². The van der Waals surface area contributed by atoms with Crippen molar-refractivity contribution in [3.63, 3.8) is 0 Å². The highest BCUT2D eigenvalue weighted by Gasteiger charge is 2.34. The summed E-state index contributed by atoms with van der Waals surface area (Å²) in [6.45, 7) is 5.42. The molecule has 0 saturated carbocycles. The van der Waals surface area contributed by atoms with Crippen LogP contribution in [0, 0.1) is 18.2 Å². The average Bonchev–Trinajstić information content (AvgIpc) is 2.33. The van der Waals surface area contributed by atoms with Gasteiger partial charge in [0.1, 0.15) is 5.82 Å². The number of rotatable bonds is 2. The standard InChI is InChI=1S/C14H19FN2O.ClH/c1-10-8-11(15)4-5-12(10)17-13(18)14(2)6-3-7-16-9-14;/h4-5,8,16H,3,6-7,9H2,1-2H3,(H,17,18);1H. The molecule has 2 rings (SSSR count). The topological polar surface area (TPSA) is 41.1 Å². The minimum absolute atomic E-state index is 0. The van der Waals surface area contributed by atoms with Crippen molar-refractivity contribution in [2.45, 2.75) is 26.7 Å². The highest BCUT2D eigenvalue weighted by Crippen LogP contribution is 2.28. The van der Waals surface area contributed by atoms with Gasteiger partial charge < -0.3 is 10.6 Å². The van der Waals surface area contributed by atoms with Gasteiger partial charge in [-0.25, -0.2) is 4.39 Å². The smallest absolute Gasteiger partial charge is 0.231 e. The molecule has 1 aromatic carbocycles. The van der Waals surface area contributed by atoms with Crippen LogP contribution in [-0.4, -0.2) is 19.0 Å². The van der Waals surface area contributed by atoms with Gasteiger partial charge in [0.2, 0.25) is 5.91 Å². The highest BCUT2D eigenvalue weighted by atomic mass is 35.5. The Labute approximate surface area is 119 Å². The van der Waals surface area contributed by atoms with Crippen LogP contribution in [0.1, 0.15) is 25.3 Å². The van der Waals surface area contributed by atoms with E-state index >= 15 is 0 Å². The van der Waals surface area contributed by atoms with Gasteiger partial charge in [-0.15, -0.1) is 12.4 Å². The summed E-state index contributed by atoms with van der Waals surface area (Å²) in [5.74, 6) is -0.277. The summed E-state index contributed by atoms with van der Waals surface area (Å²) < 4.78 is 13.0. The van der Waals surface area contributed by atoms with Gasteiger partial charge in [-0.05, 0) is 57.0 Å². The summed E-state index contributed by atoms with van der Waals surface area (Å²) in [5.41, 5.74) is 1.06. The molecule has 2 N–H and O–H groups in total. The van der Waals surface area contributed by atoms with E-state index in [0.717, 1.165) is 24.9 Å². The third kappa shape index (κ3) is 3.67. The lowest BCUT2D eigenvalue weighted by Crippen LogP contribution is -2.46. The van der Waals surface area contributed by atoms with E-state index in [-0.39, 0.29) is 29.5 Å². The first-order chi connectivity index (χ1) is 8.51. The molecule has 1 aromatic rings. The van der Waals surface area contributed by atoms with E-state index in [1.54, 1.807) is 13.0 Å². The van der Waals surface area contributed by atoms with E-state index in [4.69, 9.17) is 0 Å². The minimum Gasteiger partial charge on any atom is -0.325 e. The fourth-order valence-corrected chi connectivity index (χ4v) is 2.29. The number of carbonyl (C=O) groups excluding carboxylic acids is 1. The quantitative estimate of drug-likeness (QED) is 0.878. The minimum atomic E-state index is -0.376. The second-order valence-electron chi connectivity index (χ2n) is 5.25. The molecule has 1 amide bonds. The molecule has 5 heteroatoms. The van der Waals surface area contributed by atoms with Crippen molar-refractivity contribution in [1.82, 2.24) is 5.32 Å². The Kier molecular flexibility index (Phi) is 5.32. The van der Waals surface area contributed by atoms with E-state index in [9.17, 15) is 9.18 Å². The van der Waals surface area contributed by atoms with Crippen molar-refractivity contribution >= 4 is 24.0 Å². The maximum atomic E-state index is 13.0. The predicted molar refractivity (Wildman–Crippen MR) is 77.2 cm³/mol. The Bertz CT molecular complexity index is 459. The fourth-order valence-electron chi connectivity index (χ4n) is 2.29. The van der Waals surface area contributed by atoms with Crippen LogP contribution in [0.15, 0.2) is 18.2 Å². The lowest BCUT2D eigenvalue weighted by atomic mass is 9.82. The lowest BCUT2D eigenvalue weighted by Gasteiger charge is -2.32. The Morgan fingerprint density at radius 1 is 1.47 bits per heavy atom. The Morgan fingerprint density at radius 3 is 2.79 bits per heavy atom. The van der Waals surface area contributed by atoms with Crippen molar-refractivity contribution in [3.05, 3.63) is 29.6 Å². The molecule has 0 aliphatic carbocycles. The van der Waals surface area contributed by atoms with Crippen LogP contribution in [0.5, 0.6) is 0 Å². The zero-order valence-electron chi connectivity index (χ0n) is 11.3. The van der Waals surface area contributed by atoms with Gasteiger partial charge in [-0.2, -0.15) is 0 Å². The van der Waals surface area contributed by atoms with Crippen molar-refractivity contribution in [2.24, 2.45) is 5.41 Å². The van der Waals surface area contributed by atoms with Gasteiger partial charge >= 0.3 is 0 Å². The Morgan fingerprint density at radius 2 is 2.21 bits per heavy atom. The molecule has 1 aliphatic rings. The van der Waals surface area contributed by atoms with Crippen LogP contribution < -0.4 is 10.6 Å². The molecule has 0 spiro atoms. The molecule has 1 unspecified atom stereocenters. The number of carbonyl (C=O) groups is 1. The first-order valence-corrected chi connectivity index (χ1v) is 6.30. The monoisotopic (exact) mass is 286 g/mol. The number of anilines is 1. The van der Waals surface area contributed by atoms with E-state index in [1.807, 2.05) is 6.92 Å². The van der Waals surface area contributed by atoms with Gasteiger partial charge in [0.05, 0.1) is 5.41 Å². The van der Waals surface area contributed by atoms with Crippen molar-refractivity contribution in [1.29, 1.82) is 0 Å². The Balaban J connectivity index is 0.00000180. The molecule has 106 valence electrons. The SMILES string of the molecule is Cc1cc(F)ccc1NC(=O)C1(C)CCCNC1.Cl. The van der Waals surface area contributed by atoms with Gasteiger partial charge in [0, 0.05) is 12.2 Å². The number of benzene rings is 1. The van der Waals surface area contributed by atoms with Gasteiger partial charge in [0.25, 0.3) is 0 Å². The third-order valence-electron chi connectivity index (χ3n) is 3.58. The molecule has 3 nitrogen and oxygen atoms in total. The number of aryl methyl sites for hydroxylation is 1. The third-order valence-corrected chi connectivity index (χ3v) is 3.58. The number of hydrogen-bond acceptors (Lipinski definition) is 2. The molecule has 0 aromatic heterocycles. The van der Waals surface area contributed by atoms with E-state index < -0.39 is 0 Å². The van der Waals surface area contributed by atoms with Crippen molar-refractivity contribution < 1.29 is 9.18 Å². The van der Waals surface area contributed by atoms with E-state index in [0.29, 0.717) is 12.2 Å². The molecule has 1 aliphatic heterocycles. The molecule has 1 atom stereocenters. The maximum absolute atomic E-state index is 13.0. The first kappa shape index (κ1) is 15.9. The number of nitrogens with one attached hydrogen (secondary N) is 2. The molecular weight excluding hydrogens is 267 g/mol. The second-order valence-corrected chi connectivity index (χ2v) is 5.25. The highest BCUT2D eigenvalue weighted by molar-refractivity contribution is 5.95. The summed E-state index contributed by atoms with van der Waals surface area (Å²) in [7, 11) is 0. The molecule has 1 saturated heterocycles. The number of halogens is 2. The largest absolute Gasteiger partial charge is 0.325 e. The van der Waals surface area contributed by atoms with Crippen molar-refractivity contribution in [2.75, 3.05) is 18.4 Å². The molecule has 0 radical (unpaired) electrons. The van der Waals surface area contributed by atoms with Gasteiger partial charge in [-0.3, -0.25) is 4.79 Å². The molecule has 1 fully saturated rings. The first-order valence-electron chi connectivity index (χ1n) is 6.30. The summed E-state index contributed by atoms with van der Waals surface area (Å²) in [6.07, 6.45) is 1.89.